The molecule has 3 heterocycles. The number of halogens is 4. The first kappa shape index (κ1) is 19.3. The topological polar surface area (TPSA) is 34.4 Å². The molecule has 3 aliphatic rings. The third-order valence-electron chi connectivity index (χ3n) is 5.39. The average molecular weight is 412 g/mol. The molecule has 1 aromatic rings. The summed E-state index contributed by atoms with van der Waals surface area (Å²) in [6, 6.07) is 2.35. The number of anilines is 1. The molecule has 4 rings (SSSR count). The number of likely N-dealkylation sites (N-methyl/N-ethyl adjacent to an activating group) is 1. The summed E-state index contributed by atoms with van der Waals surface area (Å²) < 4.78 is 40.1. The summed E-state index contributed by atoms with van der Waals surface area (Å²) in [7, 11) is 2.05. The fourth-order valence-corrected chi connectivity index (χ4v) is 3.78. The normalized spacial score (nSPS) is 23.0. The minimum Gasteiger partial charge on any atom is -0.351 e. The van der Waals surface area contributed by atoms with Gasteiger partial charge in [-0.05, 0) is 38.6 Å². The van der Waals surface area contributed by atoms with Gasteiger partial charge in [-0.25, -0.2) is 4.99 Å². The second-order valence-electron chi connectivity index (χ2n) is 7.42. The molecule has 1 fully saturated rings. The second-order valence-corrected chi connectivity index (χ2v) is 7.82. The molecule has 0 bridgehead atoms. The number of aliphatic imine (C=N–C) groups is 2. The van der Waals surface area contributed by atoms with Crippen LogP contribution in [0.4, 0.5) is 24.5 Å². The van der Waals surface area contributed by atoms with Gasteiger partial charge in [0.25, 0.3) is 0 Å². The van der Waals surface area contributed by atoms with Crippen molar-refractivity contribution >= 4 is 34.6 Å². The molecule has 150 valence electrons. The van der Waals surface area contributed by atoms with E-state index in [9.17, 15) is 13.2 Å². The zero-order valence-corrected chi connectivity index (χ0v) is 16.6. The van der Waals surface area contributed by atoms with Gasteiger partial charge < -0.3 is 9.80 Å². The molecule has 0 aliphatic carbocycles. The number of hydrogen-bond acceptors (Lipinski definition) is 5. The average Bonchev–Trinajstić information content (AvgIpc) is 2.62. The Morgan fingerprint density at radius 2 is 1.79 bits per heavy atom. The van der Waals surface area contributed by atoms with Crippen LogP contribution in [-0.2, 0) is 6.18 Å². The van der Waals surface area contributed by atoms with Gasteiger partial charge >= 0.3 is 6.18 Å². The fraction of sp³-hybridized carbons (Fsp3) is 0.474. The molecule has 1 saturated heterocycles. The number of hydrogen-bond donors (Lipinski definition) is 0. The zero-order chi connectivity index (χ0) is 20.2. The third-order valence-corrected chi connectivity index (χ3v) is 5.71. The molecule has 1 aromatic carbocycles. The lowest BCUT2D eigenvalue weighted by atomic mass is 10.1. The van der Waals surface area contributed by atoms with E-state index in [0.717, 1.165) is 37.8 Å². The molecule has 0 N–H and O–H groups in total. The number of amidine groups is 2. The summed E-state index contributed by atoms with van der Waals surface area (Å²) in [4.78, 5) is 15.5. The van der Waals surface area contributed by atoms with Crippen molar-refractivity contribution in [1.29, 1.82) is 0 Å². The van der Waals surface area contributed by atoms with Gasteiger partial charge in [-0.2, -0.15) is 13.2 Å². The van der Waals surface area contributed by atoms with Gasteiger partial charge in [0.1, 0.15) is 0 Å². The summed E-state index contributed by atoms with van der Waals surface area (Å²) in [5.74, 6) is 1.28. The maximum absolute atomic E-state index is 13.4. The maximum atomic E-state index is 13.4. The molecular formula is C19H21ClF3N5. The van der Waals surface area contributed by atoms with Crippen LogP contribution in [0, 0.1) is 0 Å². The Labute approximate surface area is 166 Å². The minimum atomic E-state index is -4.54. The highest BCUT2D eigenvalue weighted by Gasteiger charge is 2.38. The SMILES string of the molecule is CC1=CN2C(=NC1C)C(N1CCN(C)CC1)=Nc1cc(C(F)(F)F)c(Cl)cc12. The van der Waals surface area contributed by atoms with Gasteiger partial charge in [-0.1, -0.05) is 11.6 Å². The van der Waals surface area contributed by atoms with Crippen LogP contribution in [-0.4, -0.2) is 60.7 Å². The summed E-state index contributed by atoms with van der Waals surface area (Å²) in [6.07, 6.45) is -2.62. The van der Waals surface area contributed by atoms with Crippen molar-refractivity contribution in [2.75, 3.05) is 38.1 Å². The van der Waals surface area contributed by atoms with Crippen LogP contribution >= 0.6 is 11.6 Å². The molecular weight excluding hydrogens is 391 g/mol. The molecule has 3 aliphatic heterocycles. The highest BCUT2D eigenvalue weighted by Crippen LogP contribution is 2.44. The Hall–Kier alpha value is -2.06. The Balaban J connectivity index is 1.86. The van der Waals surface area contributed by atoms with Gasteiger partial charge in [0.05, 0.1) is 28.0 Å². The van der Waals surface area contributed by atoms with Crippen LogP contribution in [0.1, 0.15) is 19.4 Å². The van der Waals surface area contributed by atoms with Crippen LogP contribution in [0.2, 0.25) is 5.02 Å². The molecule has 0 spiro atoms. The first-order valence-corrected chi connectivity index (χ1v) is 9.51. The molecule has 0 saturated carbocycles. The van der Waals surface area contributed by atoms with Crippen LogP contribution in [0.15, 0.2) is 33.9 Å². The number of fused-ring (bicyclic) bond motifs is 3. The number of piperazine rings is 1. The number of benzene rings is 1. The van der Waals surface area contributed by atoms with Crippen molar-refractivity contribution in [3.8, 4) is 0 Å². The van der Waals surface area contributed by atoms with E-state index < -0.39 is 11.7 Å². The van der Waals surface area contributed by atoms with E-state index in [0.29, 0.717) is 17.4 Å². The Morgan fingerprint density at radius 1 is 1.11 bits per heavy atom. The lowest BCUT2D eigenvalue weighted by Crippen LogP contribution is -2.53. The molecule has 1 unspecified atom stereocenters. The van der Waals surface area contributed by atoms with E-state index in [1.54, 1.807) is 0 Å². The highest BCUT2D eigenvalue weighted by molar-refractivity contribution is 6.48. The van der Waals surface area contributed by atoms with Crippen molar-refractivity contribution in [3.05, 3.63) is 34.5 Å². The van der Waals surface area contributed by atoms with Crippen LogP contribution in [0.5, 0.6) is 0 Å². The second kappa shape index (κ2) is 6.77. The zero-order valence-electron chi connectivity index (χ0n) is 15.9. The predicted molar refractivity (Wildman–Crippen MR) is 106 cm³/mol. The lowest BCUT2D eigenvalue weighted by molar-refractivity contribution is -0.137. The monoisotopic (exact) mass is 411 g/mol. The number of alkyl halides is 3. The third kappa shape index (κ3) is 3.28. The van der Waals surface area contributed by atoms with Crippen molar-refractivity contribution in [2.24, 2.45) is 9.98 Å². The largest absolute Gasteiger partial charge is 0.417 e. The van der Waals surface area contributed by atoms with Crippen LogP contribution in [0.25, 0.3) is 0 Å². The standard InChI is InChI=1S/C19H21ClF3N5/c1-11-10-28-16-9-14(20)13(19(21,22)23)8-15(16)25-17(18(28)24-12(11)2)27-6-4-26(3)5-7-27/h8-10,12H,4-7H2,1-3H3. The highest BCUT2D eigenvalue weighted by atomic mass is 35.5. The predicted octanol–water partition coefficient (Wildman–Crippen LogP) is 4.16. The summed E-state index contributed by atoms with van der Waals surface area (Å²) in [5, 5.41) is -0.339. The van der Waals surface area contributed by atoms with Crippen molar-refractivity contribution in [1.82, 2.24) is 9.80 Å². The molecule has 5 nitrogen and oxygen atoms in total. The van der Waals surface area contributed by atoms with Gasteiger partial charge in [-0.3, -0.25) is 9.89 Å². The van der Waals surface area contributed by atoms with Gasteiger partial charge in [0.2, 0.25) is 0 Å². The lowest BCUT2D eigenvalue weighted by Gasteiger charge is -2.40. The molecule has 1 atom stereocenters. The van der Waals surface area contributed by atoms with Crippen molar-refractivity contribution in [3.63, 3.8) is 0 Å². The van der Waals surface area contributed by atoms with Crippen molar-refractivity contribution < 1.29 is 13.2 Å². The molecule has 0 aromatic heterocycles. The van der Waals surface area contributed by atoms with Gasteiger partial charge in [-0.15, -0.1) is 0 Å². The van der Waals surface area contributed by atoms with E-state index >= 15 is 0 Å². The van der Waals surface area contributed by atoms with Crippen molar-refractivity contribution in [2.45, 2.75) is 26.1 Å². The first-order chi connectivity index (χ1) is 13.1. The quantitative estimate of drug-likeness (QED) is 0.643. The first-order valence-electron chi connectivity index (χ1n) is 9.14. The smallest absolute Gasteiger partial charge is 0.351 e. The molecule has 0 radical (unpaired) electrons. The van der Waals surface area contributed by atoms with E-state index in [1.807, 2.05) is 32.0 Å². The van der Waals surface area contributed by atoms with E-state index in [4.69, 9.17) is 16.6 Å². The van der Waals surface area contributed by atoms with Gasteiger partial charge in [0, 0.05) is 32.4 Å². The Morgan fingerprint density at radius 3 is 2.43 bits per heavy atom. The Kier molecular flexibility index (Phi) is 4.66. The van der Waals surface area contributed by atoms with E-state index in [-0.39, 0.29) is 16.8 Å². The number of nitrogens with zero attached hydrogens (tertiary/aromatic N) is 5. The van der Waals surface area contributed by atoms with E-state index in [2.05, 4.69) is 14.8 Å². The summed E-state index contributed by atoms with van der Waals surface area (Å²) >= 11 is 5.97. The Bertz CT molecular complexity index is 898. The molecule has 28 heavy (non-hydrogen) atoms. The fourth-order valence-electron chi connectivity index (χ4n) is 3.51. The van der Waals surface area contributed by atoms with E-state index in [1.165, 1.54) is 6.07 Å². The summed E-state index contributed by atoms with van der Waals surface area (Å²) in [6.45, 7) is 7.16. The number of rotatable bonds is 0. The maximum Gasteiger partial charge on any atom is 0.417 e. The van der Waals surface area contributed by atoms with Crippen LogP contribution < -0.4 is 4.90 Å². The minimum absolute atomic E-state index is 0.0182. The summed E-state index contributed by atoms with van der Waals surface area (Å²) in [5.41, 5.74) is 0.912. The van der Waals surface area contributed by atoms with Gasteiger partial charge in [0.15, 0.2) is 11.7 Å². The van der Waals surface area contributed by atoms with Crippen LogP contribution in [0.3, 0.4) is 0 Å². The molecule has 9 heteroatoms. The molecule has 0 amide bonds.